The highest BCUT2D eigenvalue weighted by Crippen LogP contribution is 2.32. The van der Waals surface area contributed by atoms with Crippen LogP contribution in [0, 0.1) is 0 Å². The molecule has 11 heteroatoms. The Labute approximate surface area is 235 Å². The van der Waals surface area contributed by atoms with Crippen LogP contribution in [-0.4, -0.2) is 31.0 Å². The Morgan fingerprint density at radius 1 is 0.927 bits per heavy atom. The molecule has 1 aromatic heterocycles. The van der Waals surface area contributed by atoms with Crippen molar-refractivity contribution in [1.82, 2.24) is 15.0 Å². The number of nitrogens with zero attached hydrogens (tertiary/aromatic N) is 1. The van der Waals surface area contributed by atoms with E-state index in [4.69, 9.17) is 0 Å². The molecule has 0 aliphatic carbocycles. The van der Waals surface area contributed by atoms with E-state index in [-0.39, 0.29) is 17.7 Å². The Morgan fingerprint density at radius 2 is 1.68 bits per heavy atom. The summed E-state index contributed by atoms with van der Waals surface area (Å²) in [6.45, 7) is 1.84. The number of carbonyl (C=O) groups excluding carboxylic acids is 2. The summed E-state index contributed by atoms with van der Waals surface area (Å²) < 4.78 is 65.8. The van der Waals surface area contributed by atoms with E-state index in [0.717, 1.165) is 12.1 Å². The summed E-state index contributed by atoms with van der Waals surface area (Å²) in [5.74, 6) is -1.40. The maximum atomic E-state index is 13.2. The maximum Gasteiger partial charge on any atom is 0.416 e. The maximum absolute atomic E-state index is 13.2. The summed E-state index contributed by atoms with van der Waals surface area (Å²) in [6.07, 6.45) is -3.70. The molecular formula is C30H28F3N3O4S. The van der Waals surface area contributed by atoms with Crippen LogP contribution in [0.3, 0.4) is 0 Å². The predicted molar refractivity (Wildman–Crippen MR) is 150 cm³/mol. The zero-order chi connectivity index (χ0) is 29.6. The van der Waals surface area contributed by atoms with E-state index in [1.165, 1.54) is 12.1 Å². The number of unbranched alkanes of at least 4 members (excludes halogenated alkanes) is 1. The van der Waals surface area contributed by atoms with Gasteiger partial charge in [0.2, 0.25) is 15.9 Å². The molecule has 214 valence electrons. The van der Waals surface area contributed by atoms with Gasteiger partial charge in [-0.25, -0.2) is 13.4 Å². The molecule has 0 aliphatic rings. The molecule has 0 bridgehead atoms. The molecule has 1 atom stereocenters. The fraction of sp³-hybridized carbons (Fsp3) is 0.233. The second-order valence-corrected chi connectivity index (χ2v) is 11.4. The largest absolute Gasteiger partial charge is 0.416 e. The van der Waals surface area contributed by atoms with Crippen LogP contribution in [-0.2, 0) is 21.0 Å². The molecule has 41 heavy (non-hydrogen) atoms. The van der Waals surface area contributed by atoms with Gasteiger partial charge >= 0.3 is 6.18 Å². The third-order valence-corrected chi connectivity index (χ3v) is 7.73. The second-order valence-electron chi connectivity index (χ2n) is 9.52. The minimum atomic E-state index is -4.48. The highest BCUT2D eigenvalue weighted by Gasteiger charge is 2.30. The van der Waals surface area contributed by atoms with Crippen molar-refractivity contribution in [1.29, 1.82) is 0 Å². The molecule has 0 fully saturated rings. The van der Waals surface area contributed by atoms with E-state index in [9.17, 15) is 31.2 Å². The van der Waals surface area contributed by atoms with Gasteiger partial charge < -0.3 is 5.32 Å². The van der Waals surface area contributed by atoms with Crippen molar-refractivity contribution in [3.8, 4) is 11.3 Å². The Balaban J connectivity index is 1.54. The summed E-state index contributed by atoms with van der Waals surface area (Å²) >= 11 is 0. The van der Waals surface area contributed by atoms with Crippen molar-refractivity contribution >= 4 is 32.7 Å². The Kier molecular flexibility index (Phi) is 9.07. The summed E-state index contributed by atoms with van der Waals surface area (Å²) in [4.78, 5) is 30.3. The van der Waals surface area contributed by atoms with E-state index in [2.05, 4.69) is 15.0 Å². The first-order valence-corrected chi connectivity index (χ1v) is 14.6. The van der Waals surface area contributed by atoms with Gasteiger partial charge in [-0.3, -0.25) is 14.3 Å². The van der Waals surface area contributed by atoms with Crippen LogP contribution in [0.1, 0.15) is 53.7 Å². The number of carbonyl (C=O) groups is 2. The average Bonchev–Trinajstić information content (AvgIpc) is 2.95. The average molecular weight is 584 g/mol. The van der Waals surface area contributed by atoms with Crippen LogP contribution in [0.5, 0.6) is 0 Å². The molecule has 4 rings (SSSR count). The van der Waals surface area contributed by atoms with Gasteiger partial charge in [0.05, 0.1) is 35.0 Å². The van der Waals surface area contributed by atoms with E-state index in [1.54, 1.807) is 60.7 Å². The first kappa shape index (κ1) is 29.7. The SMILES string of the molecule is CCCCS(=O)(=O)NC(=O)CC(NC(=O)c1ccc2nc(-c3cccc(C(F)(F)F)c3)ccc2c1)c1ccccc1. The molecule has 7 nitrogen and oxygen atoms in total. The number of benzene rings is 3. The van der Waals surface area contributed by atoms with Crippen LogP contribution >= 0.6 is 0 Å². The molecule has 0 saturated carbocycles. The third-order valence-electron chi connectivity index (χ3n) is 6.37. The number of hydrogen-bond donors (Lipinski definition) is 2. The fourth-order valence-electron chi connectivity index (χ4n) is 4.25. The highest BCUT2D eigenvalue weighted by atomic mass is 32.2. The lowest BCUT2D eigenvalue weighted by atomic mass is 10.0. The zero-order valence-electron chi connectivity index (χ0n) is 22.1. The zero-order valence-corrected chi connectivity index (χ0v) is 22.9. The van der Waals surface area contributed by atoms with Gasteiger partial charge in [-0.05, 0) is 48.4 Å². The van der Waals surface area contributed by atoms with E-state index < -0.39 is 39.6 Å². The predicted octanol–water partition coefficient (Wildman–Crippen LogP) is 6.03. The number of alkyl halides is 3. The monoisotopic (exact) mass is 583 g/mol. The molecule has 2 N–H and O–H groups in total. The van der Waals surface area contributed by atoms with Crippen LogP contribution in [0.15, 0.2) is 84.9 Å². The lowest BCUT2D eigenvalue weighted by Gasteiger charge is -2.19. The number of fused-ring (bicyclic) bond motifs is 1. The number of hydrogen-bond acceptors (Lipinski definition) is 5. The summed E-state index contributed by atoms with van der Waals surface area (Å²) in [5, 5.41) is 3.40. The van der Waals surface area contributed by atoms with Crippen LogP contribution in [0.2, 0.25) is 0 Å². The van der Waals surface area contributed by atoms with Crippen LogP contribution in [0.25, 0.3) is 22.2 Å². The summed E-state index contributed by atoms with van der Waals surface area (Å²) in [5.41, 5.74) is 1.25. The van der Waals surface area contributed by atoms with Crippen molar-refractivity contribution < 1.29 is 31.2 Å². The van der Waals surface area contributed by atoms with Crippen molar-refractivity contribution in [2.24, 2.45) is 0 Å². The number of pyridine rings is 1. The van der Waals surface area contributed by atoms with Crippen molar-refractivity contribution in [2.45, 2.75) is 38.4 Å². The van der Waals surface area contributed by atoms with Crippen molar-refractivity contribution in [3.05, 3.63) is 102 Å². The number of nitrogens with one attached hydrogen (secondary N) is 2. The Bertz CT molecular complexity index is 1660. The molecule has 0 aliphatic heterocycles. The van der Waals surface area contributed by atoms with E-state index >= 15 is 0 Å². The lowest BCUT2D eigenvalue weighted by molar-refractivity contribution is -0.137. The molecule has 1 unspecified atom stereocenters. The quantitative estimate of drug-likeness (QED) is 0.237. The lowest BCUT2D eigenvalue weighted by Crippen LogP contribution is -2.37. The van der Waals surface area contributed by atoms with Gasteiger partial charge in [-0.15, -0.1) is 0 Å². The first-order valence-electron chi connectivity index (χ1n) is 12.9. The summed E-state index contributed by atoms with van der Waals surface area (Å²) in [6, 6.07) is 20.8. The molecule has 2 amide bonds. The number of halogens is 3. The molecule has 3 aromatic carbocycles. The van der Waals surface area contributed by atoms with Crippen LogP contribution < -0.4 is 10.0 Å². The number of aromatic nitrogens is 1. The van der Waals surface area contributed by atoms with E-state index in [0.29, 0.717) is 40.6 Å². The molecule has 0 radical (unpaired) electrons. The van der Waals surface area contributed by atoms with Gasteiger partial charge in [-0.1, -0.05) is 61.9 Å². The molecular weight excluding hydrogens is 555 g/mol. The minimum absolute atomic E-state index is 0.168. The van der Waals surface area contributed by atoms with Gasteiger partial charge in [0.25, 0.3) is 5.91 Å². The minimum Gasteiger partial charge on any atom is -0.345 e. The third kappa shape index (κ3) is 7.91. The molecule has 1 heterocycles. The molecule has 0 spiro atoms. The highest BCUT2D eigenvalue weighted by molar-refractivity contribution is 7.90. The molecule has 4 aromatic rings. The smallest absolute Gasteiger partial charge is 0.345 e. The Hall–Kier alpha value is -4.25. The van der Waals surface area contributed by atoms with Crippen molar-refractivity contribution in [3.63, 3.8) is 0 Å². The second kappa shape index (κ2) is 12.5. The van der Waals surface area contributed by atoms with Gasteiger partial charge in [0.1, 0.15) is 0 Å². The van der Waals surface area contributed by atoms with E-state index in [1.807, 2.05) is 6.92 Å². The van der Waals surface area contributed by atoms with Crippen molar-refractivity contribution in [2.75, 3.05) is 5.75 Å². The number of sulfonamides is 1. The summed E-state index contributed by atoms with van der Waals surface area (Å²) in [7, 11) is -3.78. The normalized spacial score (nSPS) is 12.6. The van der Waals surface area contributed by atoms with Gasteiger partial charge in [0, 0.05) is 16.5 Å². The Morgan fingerprint density at radius 3 is 2.39 bits per heavy atom. The topological polar surface area (TPSA) is 105 Å². The fourth-order valence-corrected chi connectivity index (χ4v) is 5.45. The number of rotatable bonds is 10. The first-order chi connectivity index (χ1) is 19.4. The molecule has 0 saturated heterocycles. The standard InChI is InChI=1S/C30H28F3N3O4S/c1-2-3-16-41(39,40)36-28(37)19-27(20-8-5-4-6-9-20)35-29(38)23-13-15-26-22(17-23)12-14-25(34-26)21-10-7-11-24(18-21)30(31,32)33/h4-15,17-18,27H,2-3,16,19H2,1H3,(H,35,38)(H,36,37). The van der Waals surface area contributed by atoms with Crippen LogP contribution in [0.4, 0.5) is 13.2 Å². The van der Waals surface area contributed by atoms with Gasteiger partial charge in [-0.2, -0.15) is 13.2 Å². The number of amides is 2. The van der Waals surface area contributed by atoms with Gasteiger partial charge in [0.15, 0.2) is 0 Å².